The van der Waals surface area contributed by atoms with Crippen LogP contribution >= 0.6 is 12.2 Å². The third-order valence-electron chi connectivity index (χ3n) is 3.88. The highest BCUT2D eigenvalue weighted by Crippen LogP contribution is 2.22. The lowest BCUT2D eigenvalue weighted by atomic mass is 10.2. The van der Waals surface area contributed by atoms with Crippen LogP contribution < -0.4 is 10.6 Å². The van der Waals surface area contributed by atoms with Crippen LogP contribution in [0.15, 0.2) is 77.2 Å². The molecule has 0 bridgehead atoms. The van der Waals surface area contributed by atoms with Crippen LogP contribution in [0, 0.1) is 0 Å². The second kappa shape index (κ2) is 9.48. The quantitative estimate of drug-likeness (QED) is 0.374. The Morgan fingerprint density at radius 1 is 1.00 bits per heavy atom. The van der Waals surface area contributed by atoms with Crippen molar-refractivity contribution in [1.82, 2.24) is 5.32 Å². The van der Waals surface area contributed by atoms with E-state index in [2.05, 4.69) is 15.4 Å². The Morgan fingerprint density at radius 3 is 2.41 bits per heavy atom. The normalized spacial score (nSPS) is 10.5. The molecule has 0 aliphatic heterocycles. The molecule has 3 rings (SSSR count). The van der Waals surface area contributed by atoms with E-state index in [0.29, 0.717) is 17.0 Å². The number of hydrogen-bond donors (Lipinski definition) is 2. The maximum absolute atomic E-state index is 12.0. The highest BCUT2D eigenvalue weighted by molar-refractivity contribution is 7.80. The third-order valence-corrected chi connectivity index (χ3v) is 4.09. The summed E-state index contributed by atoms with van der Waals surface area (Å²) in [7, 11) is 1.32. The molecular weight excluding hydrogens is 388 g/mol. The van der Waals surface area contributed by atoms with E-state index in [4.69, 9.17) is 16.6 Å². The summed E-state index contributed by atoms with van der Waals surface area (Å²) >= 11 is 5.13. The maximum Gasteiger partial charge on any atom is 0.337 e. The van der Waals surface area contributed by atoms with Crippen LogP contribution in [-0.2, 0) is 9.53 Å². The molecule has 0 atom stereocenters. The van der Waals surface area contributed by atoms with Crippen LogP contribution in [0.3, 0.4) is 0 Å². The van der Waals surface area contributed by atoms with Gasteiger partial charge in [0.25, 0.3) is 0 Å². The van der Waals surface area contributed by atoms with Gasteiger partial charge in [-0.25, -0.2) is 4.79 Å². The number of esters is 1. The molecule has 1 amide bonds. The summed E-state index contributed by atoms with van der Waals surface area (Å²) in [5.74, 6) is 0.451. The van der Waals surface area contributed by atoms with E-state index >= 15 is 0 Å². The lowest BCUT2D eigenvalue weighted by molar-refractivity contribution is -0.115. The molecule has 0 aliphatic rings. The topological polar surface area (TPSA) is 80.6 Å². The Hall–Kier alpha value is -3.71. The van der Waals surface area contributed by atoms with Gasteiger partial charge in [-0.1, -0.05) is 30.3 Å². The van der Waals surface area contributed by atoms with Gasteiger partial charge in [0.05, 0.1) is 12.7 Å². The van der Waals surface area contributed by atoms with Crippen molar-refractivity contribution in [3.63, 3.8) is 0 Å². The second-order valence-electron chi connectivity index (χ2n) is 5.91. The molecule has 146 valence electrons. The third kappa shape index (κ3) is 5.63. The van der Waals surface area contributed by atoms with Crippen molar-refractivity contribution in [2.24, 2.45) is 0 Å². The summed E-state index contributed by atoms with van der Waals surface area (Å²) in [6.07, 6.45) is 2.90. The molecule has 0 fully saturated rings. The van der Waals surface area contributed by atoms with Crippen LogP contribution in [0.4, 0.5) is 5.69 Å². The van der Waals surface area contributed by atoms with Crippen molar-refractivity contribution in [3.8, 4) is 11.3 Å². The highest BCUT2D eigenvalue weighted by atomic mass is 32.1. The Bertz CT molecular complexity index is 1040. The fourth-order valence-electron chi connectivity index (χ4n) is 2.48. The number of carbonyl (C=O) groups excluding carboxylic acids is 2. The van der Waals surface area contributed by atoms with Gasteiger partial charge in [-0.15, -0.1) is 0 Å². The second-order valence-corrected chi connectivity index (χ2v) is 6.32. The summed E-state index contributed by atoms with van der Waals surface area (Å²) in [4.78, 5) is 23.5. The molecule has 0 spiro atoms. The molecule has 0 unspecified atom stereocenters. The van der Waals surface area contributed by atoms with E-state index in [0.717, 1.165) is 11.3 Å². The molecular formula is C22H18N2O4S. The summed E-state index contributed by atoms with van der Waals surface area (Å²) in [6.45, 7) is 0. The van der Waals surface area contributed by atoms with Gasteiger partial charge in [0.15, 0.2) is 5.11 Å². The van der Waals surface area contributed by atoms with Crippen molar-refractivity contribution in [2.45, 2.75) is 0 Å². The fraction of sp³-hybridized carbons (Fsp3) is 0.0455. The number of thiocarbonyl (C=S) groups is 1. The first-order valence-corrected chi connectivity index (χ1v) is 9.09. The van der Waals surface area contributed by atoms with Gasteiger partial charge in [0.1, 0.15) is 11.5 Å². The van der Waals surface area contributed by atoms with Gasteiger partial charge in [0, 0.05) is 17.3 Å². The molecule has 7 heteroatoms. The summed E-state index contributed by atoms with van der Waals surface area (Å²) < 4.78 is 10.3. The van der Waals surface area contributed by atoms with Gasteiger partial charge in [-0.3, -0.25) is 10.1 Å². The average molecular weight is 406 g/mol. The molecule has 1 heterocycles. The molecule has 0 aliphatic carbocycles. The highest BCUT2D eigenvalue weighted by Gasteiger charge is 2.07. The van der Waals surface area contributed by atoms with Crippen LogP contribution in [0.25, 0.3) is 17.4 Å². The summed E-state index contributed by atoms with van der Waals surface area (Å²) in [5.41, 5.74) is 2.01. The smallest absolute Gasteiger partial charge is 0.337 e. The molecule has 1 aromatic heterocycles. The number of methoxy groups -OCH3 is 1. The Balaban J connectivity index is 1.53. The molecule has 0 radical (unpaired) electrons. The minimum absolute atomic E-state index is 0.134. The molecule has 2 aromatic carbocycles. The number of nitrogens with one attached hydrogen (secondary N) is 2. The molecule has 0 saturated carbocycles. The maximum atomic E-state index is 12.0. The molecule has 2 N–H and O–H groups in total. The predicted molar refractivity (Wildman–Crippen MR) is 115 cm³/mol. The van der Waals surface area contributed by atoms with Gasteiger partial charge in [-0.05, 0) is 54.7 Å². The number of amides is 1. The lowest BCUT2D eigenvalue weighted by Gasteiger charge is -2.08. The lowest BCUT2D eigenvalue weighted by Crippen LogP contribution is -2.32. The van der Waals surface area contributed by atoms with E-state index < -0.39 is 11.9 Å². The molecule has 3 aromatic rings. The van der Waals surface area contributed by atoms with Crippen LogP contribution in [0.5, 0.6) is 0 Å². The van der Waals surface area contributed by atoms with Gasteiger partial charge >= 0.3 is 5.97 Å². The molecule has 0 saturated heterocycles. The van der Waals surface area contributed by atoms with Crippen molar-refractivity contribution in [2.75, 3.05) is 12.4 Å². The predicted octanol–water partition coefficient (Wildman–Crippen LogP) is 4.26. The Morgan fingerprint density at radius 2 is 1.72 bits per heavy atom. The first kappa shape index (κ1) is 20.0. The Kier molecular flexibility index (Phi) is 6.55. The number of ether oxygens (including phenoxy) is 1. The zero-order chi connectivity index (χ0) is 20.6. The van der Waals surface area contributed by atoms with E-state index in [1.165, 1.54) is 13.2 Å². The van der Waals surface area contributed by atoms with Crippen LogP contribution in [0.2, 0.25) is 0 Å². The molecule has 29 heavy (non-hydrogen) atoms. The Labute approximate surface area is 173 Å². The van der Waals surface area contributed by atoms with Crippen molar-refractivity contribution < 1.29 is 18.7 Å². The number of rotatable bonds is 5. The summed E-state index contributed by atoms with van der Waals surface area (Å²) in [6, 6.07) is 19.8. The standard InChI is InChI=1S/C22H18N2O4S/c1-27-21(26)16-7-9-17(10-8-16)23-22(29)24-20(25)14-12-18-11-13-19(28-18)15-5-3-2-4-6-15/h2-14H,1H3,(H2,23,24,25,29)/b14-12+. The minimum Gasteiger partial charge on any atom is -0.465 e. The SMILES string of the molecule is COC(=O)c1ccc(NC(=S)NC(=O)/C=C/c2ccc(-c3ccccc3)o2)cc1. The monoisotopic (exact) mass is 406 g/mol. The van der Waals surface area contributed by atoms with Crippen LogP contribution in [-0.4, -0.2) is 24.1 Å². The summed E-state index contributed by atoms with van der Waals surface area (Å²) in [5, 5.41) is 5.55. The van der Waals surface area contributed by atoms with Crippen molar-refractivity contribution in [3.05, 3.63) is 84.1 Å². The zero-order valence-electron chi connectivity index (χ0n) is 15.5. The van der Waals surface area contributed by atoms with E-state index in [9.17, 15) is 9.59 Å². The largest absolute Gasteiger partial charge is 0.465 e. The van der Waals surface area contributed by atoms with Gasteiger partial charge in [0.2, 0.25) is 5.91 Å². The number of anilines is 1. The zero-order valence-corrected chi connectivity index (χ0v) is 16.4. The van der Waals surface area contributed by atoms with Crippen LogP contribution in [0.1, 0.15) is 16.1 Å². The first-order valence-electron chi connectivity index (χ1n) is 8.69. The van der Waals surface area contributed by atoms with Crippen molar-refractivity contribution >= 4 is 41.0 Å². The number of hydrogen-bond acceptors (Lipinski definition) is 5. The minimum atomic E-state index is -0.425. The van der Waals surface area contributed by atoms with Crippen molar-refractivity contribution in [1.29, 1.82) is 0 Å². The number of carbonyl (C=O) groups is 2. The fourth-order valence-corrected chi connectivity index (χ4v) is 2.70. The van der Waals surface area contributed by atoms with E-state index in [1.54, 1.807) is 36.4 Å². The van der Waals surface area contributed by atoms with E-state index in [1.807, 2.05) is 36.4 Å². The van der Waals surface area contributed by atoms with E-state index in [-0.39, 0.29) is 5.11 Å². The number of benzene rings is 2. The number of furan rings is 1. The van der Waals surface area contributed by atoms with Gasteiger partial charge in [-0.2, -0.15) is 0 Å². The average Bonchev–Trinajstić information content (AvgIpc) is 3.22. The van der Waals surface area contributed by atoms with Gasteiger partial charge < -0.3 is 14.5 Å². The first-order chi connectivity index (χ1) is 14.0. The molecule has 6 nitrogen and oxygen atoms in total.